The second-order valence-corrected chi connectivity index (χ2v) is 20.4. The summed E-state index contributed by atoms with van der Waals surface area (Å²) >= 11 is 0. The van der Waals surface area contributed by atoms with Gasteiger partial charge in [0.1, 0.15) is 5.39 Å². The van der Waals surface area contributed by atoms with Gasteiger partial charge in [-0.1, -0.05) is 55.2 Å². The molecule has 5 aromatic rings. The molecule has 4 heterocycles. The number of fused-ring (bicyclic) bond motifs is 2. The lowest BCUT2D eigenvalue weighted by Crippen LogP contribution is -2.45. The molecule has 0 radical (unpaired) electrons. The van der Waals surface area contributed by atoms with E-state index in [9.17, 15) is 46.7 Å². The van der Waals surface area contributed by atoms with Crippen molar-refractivity contribution in [3.63, 3.8) is 0 Å². The van der Waals surface area contributed by atoms with Crippen molar-refractivity contribution < 1.29 is 65.5 Å². The summed E-state index contributed by atoms with van der Waals surface area (Å²) < 4.78 is 60.5. The first kappa shape index (κ1) is 60.6. The minimum Gasteiger partial charge on any atom is -0.379 e. The molecular formula is C58H69F3N10O10. The van der Waals surface area contributed by atoms with E-state index < -0.39 is 41.5 Å². The quantitative estimate of drug-likeness (QED) is 0.0183. The smallest absolute Gasteiger partial charge is 0.379 e. The molecule has 81 heavy (non-hydrogen) atoms. The fraction of sp³-hybridized carbons (Fsp3) is 0.414. The first-order valence-electron chi connectivity index (χ1n) is 26.6. The van der Waals surface area contributed by atoms with Gasteiger partial charge in [0.05, 0.1) is 84.0 Å². The van der Waals surface area contributed by atoms with E-state index in [1.807, 2.05) is 52.7 Å². The molecule has 0 saturated carbocycles. The first-order chi connectivity index (χ1) is 38.3. The SMILES string of the molecule is CC(C)[C@H](NC(=O)CCOCCOCCOCCN1C(=O)C2=C(C2)C1=O)C(=O)C[C@@H](CCCNC(N)=O)C(=O)Nc1ccc(C[n+]2cnc(N)c3c(-c4ccc5c(c4)CCN5C(=O)Cc4cccc(C(F)(F)F)c4)cn(C)c32)cc1.[CH3-]. The third-order valence-corrected chi connectivity index (χ3v) is 14.2. The number of carbonyl (C=O) groups is 7. The molecule has 3 aromatic carbocycles. The predicted octanol–water partition coefficient (Wildman–Crippen LogP) is 5.37. The number of imide groups is 1. The fourth-order valence-corrected chi connectivity index (χ4v) is 10.0. The highest BCUT2D eigenvalue weighted by atomic mass is 19.4. The number of amides is 7. The van der Waals surface area contributed by atoms with E-state index in [4.69, 9.17) is 25.7 Å². The zero-order chi connectivity index (χ0) is 57.3. The number of nitrogen functional groups attached to an aromatic ring is 1. The van der Waals surface area contributed by atoms with Gasteiger partial charge < -0.3 is 54.0 Å². The third kappa shape index (κ3) is 15.3. The second-order valence-electron chi connectivity index (χ2n) is 20.4. The summed E-state index contributed by atoms with van der Waals surface area (Å²) in [5.41, 5.74) is 17.9. The molecule has 0 spiro atoms. The molecule has 2 atom stereocenters. The number of aryl methyl sites for hydroxylation is 1. The number of aromatic nitrogens is 3. The van der Waals surface area contributed by atoms with E-state index in [-0.39, 0.29) is 121 Å². The van der Waals surface area contributed by atoms with Crippen LogP contribution < -0.4 is 36.9 Å². The molecule has 1 aliphatic carbocycles. The number of ether oxygens (including phenoxy) is 3. The van der Waals surface area contributed by atoms with Gasteiger partial charge in [-0.05, 0) is 77.8 Å². The number of ketones is 1. The van der Waals surface area contributed by atoms with Gasteiger partial charge in [0.25, 0.3) is 11.8 Å². The van der Waals surface area contributed by atoms with E-state index in [1.54, 1.807) is 37.2 Å². The van der Waals surface area contributed by atoms with Crippen LogP contribution in [0, 0.1) is 19.3 Å². The number of nitrogens with one attached hydrogen (secondary N) is 3. The number of primary amides is 1. The number of halogens is 3. The van der Waals surface area contributed by atoms with Crippen molar-refractivity contribution in [2.75, 3.05) is 75.2 Å². The molecule has 20 nitrogen and oxygen atoms in total. The Kier molecular flexibility index (Phi) is 20.2. The number of carbonyl (C=O) groups excluding carboxylic acids is 7. The number of likely N-dealkylation sites (tertiary alicyclic amines) is 1. The Morgan fingerprint density at radius 2 is 1.57 bits per heavy atom. The van der Waals surface area contributed by atoms with Crippen LogP contribution in [0.25, 0.3) is 22.2 Å². The molecule has 23 heteroatoms. The fourth-order valence-electron chi connectivity index (χ4n) is 10.0. The van der Waals surface area contributed by atoms with Crippen LogP contribution in [0.3, 0.4) is 0 Å². The van der Waals surface area contributed by atoms with Crippen molar-refractivity contribution in [2.24, 2.45) is 24.6 Å². The maximum absolute atomic E-state index is 13.9. The number of anilines is 3. The van der Waals surface area contributed by atoms with Gasteiger partial charge in [0.2, 0.25) is 35.5 Å². The number of rotatable bonds is 28. The lowest BCUT2D eigenvalue weighted by molar-refractivity contribution is -0.667. The summed E-state index contributed by atoms with van der Waals surface area (Å²) in [5.74, 6) is -2.70. The summed E-state index contributed by atoms with van der Waals surface area (Å²) in [4.78, 5) is 96.9. The van der Waals surface area contributed by atoms with Gasteiger partial charge in [0, 0.05) is 66.4 Å². The number of alkyl halides is 3. The minimum absolute atomic E-state index is 0. The van der Waals surface area contributed by atoms with Crippen molar-refractivity contribution in [3.8, 4) is 11.1 Å². The van der Waals surface area contributed by atoms with Gasteiger partial charge in [0.15, 0.2) is 5.78 Å². The first-order valence-corrected chi connectivity index (χ1v) is 26.6. The molecule has 0 unspecified atom stereocenters. The zero-order valence-corrected chi connectivity index (χ0v) is 45.9. The Morgan fingerprint density at radius 1 is 0.877 bits per heavy atom. The lowest BCUT2D eigenvalue weighted by Gasteiger charge is -2.24. The van der Waals surface area contributed by atoms with Crippen molar-refractivity contribution >= 4 is 69.6 Å². The molecule has 3 aliphatic rings. The molecule has 2 aromatic heterocycles. The largest absolute Gasteiger partial charge is 0.416 e. The van der Waals surface area contributed by atoms with Gasteiger partial charge >= 0.3 is 12.2 Å². The molecule has 7 amide bonds. The van der Waals surface area contributed by atoms with Crippen LogP contribution in [0.2, 0.25) is 0 Å². The highest BCUT2D eigenvalue weighted by molar-refractivity contribution is 6.25. The molecular weight excluding hydrogens is 1050 g/mol. The van der Waals surface area contributed by atoms with Gasteiger partial charge in [-0.15, -0.1) is 0 Å². The van der Waals surface area contributed by atoms with Crippen LogP contribution in [0.1, 0.15) is 68.2 Å². The Morgan fingerprint density at radius 3 is 2.25 bits per heavy atom. The number of nitrogens with two attached hydrogens (primary N) is 2. The maximum atomic E-state index is 13.9. The van der Waals surface area contributed by atoms with Crippen LogP contribution in [0.15, 0.2) is 90.4 Å². The van der Waals surface area contributed by atoms with Gasteiger partial charge in [-0.2, -0.15) is 13.2 Å². The summed E-state index contributed by atoms with van der Waals surface area (Å²) in [6.07, 6.45) is 0.380. The van der Waals surface area contributed by atoms with Crippen LogP contribution in [0.5, 0.6) is 0 Å². The Bertz CT molecular complexity index is 3170. The average molecular weight is 1120 g/mol. The van der Waals surface area contributed by atoms with Gasteiger partial charge in [-0.25, -0.2) is 9.36 Å². The van der Waals surface area contributed by atoms with Crippen LogP contribution >= 0.6 is 0 Å². The van der Waals surface area contributed by atoms with E-state index in [2.05, 4.69) is 20.9 Å². The average Bonchev–Trinajstić information content (AvgIpc) is 3.92. The van der Waals surface area contributed by atoms with Crippen molar-refractivity contribution in [2.45, 2.75) is 77.6 Å². The molecule has 7 N–H and O–H groups in total. The highest BCUT2D eigenvalue weighted by Crippen LogP contribution is 2.40. The Hall–Kier alpha value is -8.02. The minimum atomic E-state index is -4.51. The van der Waals surface area contributed by atoms with Crippen LogP contribution in [-0.2, 0) is 75.6 Å². The second kappa shape index (κ2) is 27.0. The highest BCUT2D eigenvalue weighted by Gasteiger charge is 2.47. The predicted molar refractivity (Wildman–Crippen MR) is 295 cm³/mol. The number of benzene rings is 3. The lowest BCUT2D eigenvalue weighted by atomic mass is 9.89. The summed E-state index contributed by atoms with van der Waals surface area (Å²) in [6.45, 7) is 6.04. The topological polar surface area (TPSA) is 263 Å². The van der Waals surface area contributed by atoms with Crippen LogP contribution in [0.4, 0.5) is 35.2 Å². The Balaban J connectivity index is 0.00000946. The summed E-state index contributed by atoms with van der Waals surface area (Å²) in [5, 5.41) is 8.98. The van der Waals surface area contributed by atoms with E-state index in [0.717, 1.165) is 40.0 Å². The van der Waals surface area contributed by atoms with Gasteiger partial charge in [-0.3, -0.25) is 38.2 Å². The maximum Gasteiger partial charge on any atom is 0.416 e. The Labute approximate surface area is 467 Å². The zero-order valence-electron chi connectivity index (χ0n) is 45.9. The summed E-state index contributed by atoms with van der Waals surface area (Å²) in [7, 11) is 1.90. The molecule has 0 saturated heterocycles. The molecule has 432 valence electrons. The number of nitrogens with zero attached hydrogens (tertiary/aromatic N) is 5. The van der Waals surface area contributed by atoms with Crippen LogP contribution in [-0.4, -0.2) is 121 Å². The summed E-state index contributed by atoms with van der Waals surface area (Å²) in [6, 6.07) is 16.2. The number of Topliss-reactive ketones (excluding diaryl/α,β-unsaturated/α-hetero) is 1. The molecule has 8 rings (SSSR count). The van der Waals surface area contributed by atoms with E-state index in [0.29, 0.717) is 66.1 Å². The van der Waals surface area contributed by atoms with Crippen molar-refractivity contribution in [3.05, 3.63) is 120 Å². The number of urea groups is 1. The van der Waals surface area contributed by atoms with E-state index in [1.165, 1.54) is 17.0 Å². The normalized spacial score (nSPS) is 14.5. The molecule has 0 fully saturated rings. The number of hydrogen-bond acceptors (Lipinski definition) is 12. The van der Waals surface area contributed by atoms with Crippen molar-refractivity contribution in [1.82, 2.24) is 25.1 Å². The number of piperidine rings is 1. The third-order valence-electron chi connectivity index (χ3n) is 14.2. The van der Waals surface area contributed by atoms with E-state index >= 15 is 0 Å². The monoisotopic (exact) mass is 1120 g/mol. The van der Waals surface area contributed by atoms with Crippen molar-refractivity contribution in [1.29, 1.82) is 0 Å². The number of hydrogen-bond donors (Lipinski definition) is 5. The molecule has 0 bridgehead atoms. The molecule has 2 aliphatic heterocycles. The standard InChI is InChI=1S/C57H65F3N10O10.CH3/c1-34(2)50(66-47(72)16-20-78-22-24-80-25-23-79-21-19-70-54(75)42-30-43(42)55(70)76)46(71)29-39(7-5-17-63-56(62)77)52(74)65-41-12-9-35(10-13-41)31-68-33-64-51(61)49-44(32-67(3)53(49)68)37-11-14-45-38(28-37)15-18-69(45)48(73)27-36-6-4-8-40(26-36)57(58,59)60;/h4,6,8-14,26,28,32-34,39,50,61H,5,7,15-25,27,29-31H2,1-3H3,(H5,62,63,65,66,72,74,77);1H3/q;-1/p+1/t39-,50+;/m1./s1.